The zero-order valence-electron chi connectivity index (χ0n) is 14.1. The number of carbonyl (C=O) groups is 2. The van der Waals surface area contributed by atoms with E-state index < -0.39 is 34.7 Å². The molecule has 2 aromatic rings. The lowest BCUT2D eigenvalue weighted by Gasteiger charge is -2.12. The van der Waals surface area contributed by atoms with Crippen molar-refractivity contribution in [3.63, 3.8) is 0 Å². The van der Waals surface area contributed by atoms with Crippen molar-refractivity contribution >= 4 is 11.9 Å². The second kappa shape index (κ2) is 6.70. The molecule has 1 saturated carbocycles. The average molecular weight is 360 g/mol. The van der Waals surface area contributed by atoms with Gasteiger partial charge in [-0.3, -0.25) is 19.0 Å². The molecule has 8 heteroatoms. The Balaban J connectivity index is 1.85. The summed E-state index contributed by atoms with van der Waals surface area (Å²) in [7, 11) is 0. The minimum atomic E-state index is -1.71. The molecule has 1 aliphatic carbocycles. The number of aromatic nitrogens is 2. The summed E-state index contributed by atoms with van der Waals surface area (Å²) in [4.78, 5) is 47.8. The Morgan fingerprint density at radius 3 is 2.58 bits per heavy atom. The molecular formula is C18H17FN2O5. The van der Waals surface area contributed by atoms with Gasteiger partial charge in [0.1, 0.15) is 5.67 Å². The molecule has 0 N–H and O–H groups in total. The Morgan fingerprint density at radius 2 is 1.92 bits per heavy atom. The number of hydrogen-bond acceptors (Lipinski definition) is 5. The molecule has 3 rings (SSSR count). The molecule has 0 spiro atoms. The Labute approximate surface area is 147 Å². The number of hydrogen-bond donors (Lipinski definition) is 0. The van der Waals surface area contributed by atoms with Gasteiger partial charge in [0.2, 0.25) is 0 Å². The summed E-state index contributed by atoms with van der Waals surface area (Å²) in [5.74, 6) is -1.78. The van der Waals surface area contributed by atoms with Crippen molar-refractivity contribution in [2.24, 2.45) is 5.92 Å². The second-order valence-electron chi connectivity index (χ2n) is 6.31. The van der Waals surface area contributed by atoms with Crippen LogP contribution in [0.25, 0.3) is 0 Å². The van der Waals surface area contributed by atoms with E-state index in [0.29, 0.717) is 4.57 Å². The monoisotopic (exact) mass is 360 g/mol. The molecule has 26 heavy (non-hydrogen) atoms. The first kappa shape index (κ1) is 17.8. The normalized spacial score (nSPS) is 21.2. The Kier molecular flexibility index (Phi) is 4.58. The fourth-order valence-electron chi connectivity index (χ4n) is 2.79. The first-order chi connectivity index (χ1) is 12.3. The number of carbonyl (C=O) groups excluding carboxylic acids is 2. The van der Waals surface area contributed by atoms with E-state index in [1.165, 1.54) is 25.3 Å². The van der Waals surface area contributed by atoms with E-state index in [2.05, 4.69) is 0 Å². The van der Waals surface area contributed by atoms with E-state index >= 15 is 0 Å². The van der Waals surface area contributed by atoms with E-state index in [0.717, 1.165) is 10.6 Å². The van der Waals surface area contributed by atoms with Gasteiger partial charge in [0, 0.05) is 30.7 Å². The van der Waals surface area contributed by atoms with Crippen LogP contribution in [-0.2, 0) is 16.1 Å². The van der Waals surface area contributed by atoms with Crippen LogP contribution < -0.4 is 11.2 Å². The Bertz CT molecular complexity index is 966. The van der Waals surface area contributed by atoms with Crippen LogP contribution in [0, 0.1) is 5.92 Å². The van der Waals surface area contributed by atoms with Gasteiger partial charge in [-0.15, -0.1) is 0 Å². The average Bonchev–Trinajstić information content (AvgIpc) is 3.26. The molecule has 136 valence electrons. The molecule has 2 atom stereocenters. The molecule has 0 aliphatic heterocycles. The number of alkyl halides is 1. The third-order valence-electron chi connectivity index (χ3n) is 4.36. The Hall–Kier alpha value is -3.03. The summed E-state index contributed by atoms with van der Waals surface area (Å²) < 4.78 is 21.0. The van der Waals surface area contributed by atoms with Gasteiger partial charge in [0.25, 0.3) is 11.5 Å². The third-order valence-corrected chi connectivity index (χ3v) is 4.36. The quantitative estimate of drug-likeness (QED) is 0.742. The van der Waals surface area contributed by atoms with Gasteiger partial charge >= 0.3 is 11.7 Å². The molecule has 1 aliphatic rings. The highest BCUT2D eigenvalue weighted by molar-refractivity contribution is 5.95. The molecule has 0 bridgehead atoms. The first-order valence-corrected chi connectivity index (χ1v) is 8.06. The van der Waals surface area contributed by atoms with E-state index in [4.69, 9.17) is 4.74 Å². The summed E-state index contributed by atoms with van der Waals surface area (Å²) in [6.07, 6.45) is 1.31. The zero-order chi connectivity index (χ0) is 18.9. The van der Waals surface area contributed by atoms with E-state index in [1.807, 2.05) is 0 Å². The summed E-state index contributed by atoms with van der Waals surface area (Å²) in [5.41, 5.74) is -3.21. The highest BCUT2D eigenvalue weighted by atomic mass is 19.1. The van der Waals surface area contributed by atoms with E-state index in [1.54, 1.807) is 18.2 Å². The molecule has 1 fully saturated rings. The van der Waals surface area contributed by atoms with Gasteiger partial charge < -0.3 is 4.74 Å². The molecule has 7 nitrogen and oxygen atoms in total. The van der Waals surface area contributed by atoms with Crippen molar-refractivity contribution < 1.29 is 18.7 Å². The van der Waals surface area contributed by atoms with Gasteiger partial charge in [-0.2, -0.15) is 4.57 Å². The van der Waals surface area contributed by atoms with Gasteiger partial charge in [-0.1, -0.05) is 18.2 Å². The standard InChI is InChI=1S/C18H17FN2O5/c1-12(22)26-10-14-9-18(14,19)11-20-8-7-15(23)21(17(20)25)16(24)13-5-3-2-4-6-13/h2-8,14H,9-11H2,1H3/t14-,18-/m1/s1. The molecule has 0 radical (unpaired) electrons. The number of esters is 1. The highest BCUT2D eigenvalue weighted by Crippen LogP contribution is 2.48. The summed E-state index contributed by atoms with van der Waals surface area (Å²) in [6, 6.07) is 8.94. The topological polar surface area (TPSA) is 87.4 Å². The van der Waals surface area contributed by atoms with Crippen LogP contribution >= 0.6 is 0 Å². The first-order valence-electron chi connectivity index (χ1n) is 8.06. The molecule has 0 unspecified atom stereocenters. The molecular weight excluding hydrogens is 343 g/mol. The fraction of sp³-hybridized carbons (Fsp3) is 0.333. The van der Waals surface area contributed by atoms with Crippen molar-refractivity contribution in [2.45, 2.75) is 25.6 Å². The van der Waals surface area contributed by atoms with Crippen LogP contribution in [0.5, 0.6) is 0 Å². The smallest absolute Gasteiger partial charge is 0.338 e. The summed E-state index contributed by atoms with van der Waals surface area (Å²) in [6.45, 7) is 0.848. The molecule has 1 heterocycles. The van der Waals surface area contributed by atoms with Crippen LogP contribution in [0.2, 0.25) is 0 Å². The SMILES string of the molecule is CC(=O)OC[C@H]1C[C@@]1(F)Cn1ccc(=O)n(C(=O)c2ccccc2)c1=O. The third kappa shape index (κ3) is 3.49. The maximum absolute atomic E-state index is 14.7. The maximum atomic E-state index is 14.7. The largest absolute Gasteiger partial charge is 0.465 e. The van der Waals surface area contributed by atoms with Gasteiger partial charge in [0.15, 0.2) is 0 Å². The van der Waals surface area contributed by atoms with Crippen LogP contribution in [0.4, 0.5) is 4.39 Å². The second-order valence-corrected chi connectivity index (χ2v) is 6.31. The zero-order valence-corrected chi connectivity index (χ0v) is 14.1. The van der Waals surface area contributed by atoms with Gasteiger partial charge in [-0.05, 0) is 18.6 Å². The van der Waals surface area contributed by atoms with E-state index in [9.17, 15) is 23.6 Å². The molecule has 1 aromatic carbocycles. The lowest BCUT2D eigenvalue weighted by molar-refractivity contribution is -0.141. The lowest BCUT2D eigenvalue weighted by Crippen LogP contribution is -2.44. The minimum absolute atomic E-state index is 0.0663. The van der Waals surface area contributed by atoms with Crippen LogP contribution in [-0.4, -0.2) is 33.3 Å². The van der Waals surface area contributed by atoms with Crippen molar-refractivity contribution in [1.82, 2.24) is 9.13 Å². The number of nitrogens with zero attached hydrogens (tertiary/aromatic N) is 2. The predicted molar refractivity (Wildman–Crippen MR) is 89.7 cm³/mol. The van der Waals surface area contributed by atoms with Crippen molar-refractivity contribution in [3.05, 3.63) is 69.0 Å². The summed E-state index contributed by atoms with van der Waals surface area (Å²) in [5, 5.41) is 0. The predicted octanol–water partition coefficient (Wildman–Crippen LogP) is 0.990. The highest BCUT2D eigenvalue weighted by Gasteiger charge is 2.56. The minimum Gasteiger partial charge on any atom is -0.465 e. The summed E-state index contributed by atoms with van der Waals surface area (Å²) >= 11 is 0. The molecule has 0 amide bonds. The van der Waals surface area contributed by atoms with Crippen molar-refractivity contribution in [3.8, 4) is 0 Å². The number of rotatable bonds is 5. The number of halogens is 1. The molecule has 1 aromatic heterocycles. The maximum Gasteiger partial charge on any atom is 0.338 e. The van der Waals surface area contributed by atoms with Crippen LogP contribution in [0.3, 0.4) is 0 Å². The van der Waals surface area contributed by atoms with Crippen molar-refractivity contribution in [2.75, 3.05) is 6.61 Å². The van der Waals surface area contributed by atoms with Crippen molar-refractivity contribution in [1.29, 1.82) is 0 Å². The van der Waals surface area contributed by atoms with Gasteiger partial charge in [0.05, 0.1) is 13.2 Å². The number of ether oxygens (including phenoxy) is 1. The van der Waals surface area contributed by atoms with E-state index in [-0.39, 0.29) is 25.1 Å². The fourth-order valence-corrected chi connectivity index (χ4v) is 2.79. The number of benzene rings is 1. The Morgan fingerprint density at radius 1 is 1.23 bits per heavy atom. The molecule has 0 saturated heterocycles. The van der Waals surface area contributed by atoms with Crippen LogP contribution in [0.1, 0.15) is 23.7 Å². The van der Waals surface area contributed by atoms with Gasteiger partial charge in [-0.25, -0.2) is 9.18 Å². The van der Waals surface area contributed by atoms with Crippen LogP contribution in [0.15, 0.2) is 52.2 Å². The lowest BCUT2D eigenvalue weighted by atomic mass is 10.2.